The fourth-order valence-corrected chi connectivity index (χ4v) is 0.962. The van der Waals surface area contributed by atoms with Crippen molar-refractivity contribution in [2.24, 2.45) is 5.11 Å². The molecule has 0 aliphatic rings. The number of benzene rings is 1. The van der Waals surface area contributed by atoms with E-state index in [1.165, 1.54) is 12.1 Å². The van der Waals surface area contributed by atoms with Crippen LogP contribution in [-0.4, -0.2) is 5.91 Å². The lowest BCUT2D eigenvalue weighted by atomic mass is 10.1. The monoisotopic (exact) mass is 179 g/mol. The molecule has 0 saturated heterocycles. The van der Waals surface area contributed by atoms with Crippen LogP contribution in [0.3, 0.4) is 0 Å². The summed E-state index contributed by atoms with van der Waals surface area (Å²) in [6.07, 6.45) is 0. The number of rotatable bonds is 1. The molecule has 66 valence electrons. The number of carbonyl (C=O) groups is 1. The van der Waals surface area contributed by atoms with Gasteiger partial charge < -0.3 is 0 Å². The third-order valence-corrected chi connectivity index (χ3v) is 1.55. The van der Waals surface area contributed by atoms with E-state index >= 15 is 0 Å². The molecule has 0 atom stereocenters. The zero-order valence-corrected chi connectivity index (χ0v) is 6.86. The Morgan fingerprint density at radius 2 is 2.31 bits per heavy atom. The van der Waals surface area contributed by atoms with Crippen molar-refractivity contribution < 1.29 is 9.18 Å². The summed E-state index contributed by atoms with van der Waals surface area (Å²) in [7, 11) is 0. The number of hydrogen-bond donors (Lipinski definition) is 0. The number of azide groups is 1. The second-order valence-corrected chi connectivity index (χ2v) is 2.45. The average molecular weight is 179 g/mol. The Hall–Kier alpha value is -1.87. The van der Waals surface area contributed by atoms with Crippen LogP contribution in [0.2, 0.25) is 0 Å². The largest absolute Gasteiger partial charge is 0.287 e. The smallest absolute Gasteiger partial charge is 0.249 e. The molecule has 0 radical (unpaired) electrons. The SMILES string of the molecule is Cc1cc(F)ccc1C(=O)N=[N+]=[N-]. The second-order valence-electron chi connectivity index (χ2n) is 2.45. The molecule has 13 heavy (non-hydrogen) atoms. The number of amides is 1. The van der Waals surface area contributed by atoms with Crippen LogP contribution < -0.4 is 0 Å². The first-order chi connectivity index (χ1) is 6.15. The van der Waals surface area contributed by atoms with Gasteiger partial charge >= 0.3 is 0 Å². The molecule has 0 aliphatic carbocycles. The molecule has 4 nitrogen and oxygen atoms in total. The number of carbonyl (C=O) groups excluding carboxylic acids is 1. The molecule has 0 saturated carbocycles. The molecule has 0 N–H and O–H groups in total. The van der Waals surface area contributed by atoms with Crippen LogP contribution in [0.15, 0.2) is 23.3 Å². The van der Waals surface area contributed by atoms with Crippen molar-refractivity contribution in [3.8, 4) is 0 Å². The minimum atomic E-state index is -0.694. The second kappa shape index (κ2) is 3.69. The van der Waals surface area contributed by atoms with E-state index in [1.54, 1.807) is 6.92 Å². The first-order valence-electron chi connectivity index (χ1n) is 3.50. The zero-order chi connectivity index (χ0) is 9.84. The minimum Gasteiger partial charge on any atom is -0.287 e. The third kappa shape index (κ3) is 2.04. The summed E-state index contributed by atoms with van der Waals surface area (Å²) in [5, 5.41) is 2.90. The molecular formula is C8H6FN3O. The van der Waals surface area contributed by atoms with Gasteiger partial charge in [-0.2, -0.15) is 0 Å². The molecule has 0 unspecified atom stereocenters. The van der Waals surface area contributed by atoms with Crippen LogP contribution in [0.5, 0.6) is 0 Å². The molecular weight excluding hydrogens is 173 g/mol. The van der Waals surface area contributed by atoms with Crippen molar-refractivity contribution >= 4 is 5.91 Å². The Morgan fingerprint density at radius 3 is 2.85 bits per heavy atom. The Kier molecular flexibility index (Phi) is 2.62. The van der Waals surface area contributed by atoms with Crippen LogP contribution in [-0.2, 0) is 0 Å². The quantitative estimate of drug-likeness (QED) is 0.371. The summed E-state index contributed by atoms with van der Waals surface area (Å²) in [5.74, 6) is -1.12. The summed E-state index contributed by atoms with van der Waals surface area (Å²) >= 11 is 0. The lowest BCUT2D eigenvalue weighted by Crippen LogP contribution is -1.97. The minimum absolute atomic E-state index is 0.221. The summed E-state index contributed by atoms with van der Waals surface area (Å²) in [6.45, 7) is 1.57. The van der Waals surface area contributed by atoms with Gasteiger partial charge in [-0.25, -0.2) is 4.39 Å². The van der Waals surface area contributed by atoms with Crippen molar-refractivity contribution in [3.05, 3.63) is 45.6 Å². The van der Waals surface area contributed by atoms with E-state index in [-0.39, 0.29) is 5.56 Å². The van der Waals surface area contributed by atoms with Gasteiger partial charge in [-0.15, -0.1) is 0 Å². The standard InChI is InChI=1S/C8H6FN3O/c1-5-4-6(9)2-3-7(5)8(13)11-12-10/h2-4H,1H3. The van der Waals surface area contributed by atoms with Crippen molar-refractivity contribution in [1.82, 2.24) is 0 Å². The van der Waals surface area contributed by atoms with Crippen molar-refractivity contribution in [2.75, 3.05) is 0 Å². The van der Waals surface area contributed by atoms with Gasteiger partial charge in [0, 0.05) is 10.5 Å². The van der Waals surface area contributed by atoms with Crippen LogP contribution in [0.1, 0.15) is 15.9 Å². The maximum absolute atomic E-state index is 12.6. The van der Waals surface area contributed by atoms with E-state index in [0.717, 1.165) is 6.07 Å². The zero-order valence-electron chi connectivity index (χ0n) is 6.86. The Labute approximate surface area is 73.6 Å². The number of halogens is 1. The highest BCUT2D eigenvalue weighted by Crippen LogP contribution is 2.11. The fraction of sp³-hybridized carbons (Fsp3) is 0.125. The highest BCUT2D eigenvalue weighted by molar-refractivity contribution is 5.96. The molecule has 0 heterocycles. The van der Waals surface area contributed by atoms with Gasteiger partial charge in [0.2, 0.25) is 5.91 Å². The van der Waals surface area contributed by atoms with Gasteiger partial charge in [-0.1, -0.05) is 0 Å². The number of nitrogens with zero attached hydrogens (tertiary/aromatic N) is 3. The van der Waals surface area contributed by atoms with Gasteiger partial charge in [0.1, 0.15) is 5.82 Å². The van der Waals surface area contributed by atoms with E-state index in [4.69, 9.17) is 5.53 Å². The lowest BCUT2D eigenvalue weighted by Gasteiger charge is -1.99. The van der Waals surface area contributed by atoms with E-state index < -0.39 is 11.7 Å². The van der Waals surface area contributed by atoms with Crippen molar-refractivity contribution in [1.29, 1.82) is 0 Å². The van der Waals surface area contributed by atoms with Crippen LogP contribution in [0.25, 0.3) is 10.4 Å². The lowest BCUT2D eigenvalue weighted by molar-refractivity contribution is 0.1000. The van der Waals surface area contributed by atoms with Crippen LogP contribution in [0.4, 0.5) is 4.39 Å². The Bertz CT molecular complexity index is 396. The van der Waals surface area contributed by atoms with Crippen molar-refractivity contribution in [3.63, 3.8) is 0 Å². The first kappa shape index (κ1) is 9.22. The summed E-state index contributed by atoms with van der Waals surface area (Å²) in [4.78, 5) is 13.4. The molecule has 1 aromatic rings. The Morgan fingerprint density at radius 1 is 1.62 bits per heavy atom. The molecule has 1 amide bonds. The highest BCUT2D eigenvalue weighted by atomic mass is 19.1. The highest BCUT2D eigenvalue weighted by Gasteiger charge is 2.06. The van der Waals surface area contributed by atoms with E-state index in [2.05, 4.69) is 10.0 Å². The average Bonchev–Trinajstić information content (AvgIpc) is 2.04. The predicted octanol–water partition coefficient (Wildman–Crippen LogP) is 2.58. The molecule has 0 fully saturated rings. The fourth-order valence-electron chi connectivity index (χ4n) is 0.962. The third-order valence-electron chi connectivity index (χ3n) is 1.55. The van der Waals surface area contributed by atoms with Gasteiger partial charge in [-0.3, -0.25) is 4.79 Å². The maximum atomic E-state index is 12.6. The molecule has 5 heteroatoms. The van der Waals surface area contributed by atoms with E-state index in [0.29, 0.717) is 5.56 Å². The van der Waals surface area contributed by atoms with Crippen molar-refractivity contribution in [2.45, 2.75) is 6.92 Å². The number of hydrogen-bond acceptors (Lipinski definition) is 1. The summed E-state index contributed by atoms with van der Waals surface area (Å²) in [6, 6.07) is 3.65. The first-order valence-corrected chi connectivity index (χ1v) is 3.50. The Balaban J connectivity index is 3.16. The summed E-state index contributed by atoms with van der Waals surface area (Å²) in [5.41, 5.74) is 8.68. The molecule has 0 spiro atoms. The van der Waals surface area contributed by atoms with Gasteiger partial charge in [-0.05, 0) is 41.3 Å². The maximum Gasteiger partial charge on any atom is 0.249 e. The molecule has 0 aromatic heterocycles. The molecule has 1 aromatic carbocycles. The number of aryl methyl sites for hydroxylation is 1. The summed E-state index contributed by atoms with van der Waals surface area (Å²) < 4.78 is 12.6. The van der Waals surface area contributed by atoms with Gasteiger partial charge in [0.05, 0.1) is 0 Å². The van der Waals surface area contributed by atoms with E-state index in [9.17, 15) is 9.18 Å². The topological polar surface area (TPSA) is 65.8 Å². The van der Waals surface area contributed by atoms with Gasteiger partial charge in [0.15, 0.2) is 0 Å². The molecule has 0 bridgehead atoms. The molecule has 1 rings (SSSR count). The van der Waals surface area contributed by atoms with Gasteiger partial charge in [0.25, 0.3) is 0 Å². The van der Waals surface area contributed by atoms with Crippen LogP contribution in [0, 0.1) is 12.7 Å². The predicted molar refractivity (Wildman–Crippen MR) is 44.6 cm³/mol. The molecule has 0 aliphatic heterocycles. The normalized spacial score (nSPS) is 9.08. The van der Waals surface area contributed by atoms with E-state index in [1.807, 2.05) is 0 Å². The van der Waals surface area contributed by atoms with Crippen LogP contribution >= 0.6 is 0 Å².